The molecule has 0 aromatic carbocycles. The zero-order valence-electron chi connectivity index (χ0n) is 8.70. The molecule has 3 rings (SSSR count). The van der Waals surface area contributed by atoms with Gasteiger partial charge in [-0.2, -0.15) is 5.10 Å². The molecule has 3 aromatic heterocycles. The summed E-state index contributed by atoms with van der Waals surface area (Å²) in [7, 11) is 0. The molecule has 6 heteroatoms. The predicted molar refractivity (Wildman–Crippen MR) is 64.8 cm³/mol. The van der Waals surface area contributed by atoms with Crippen LogP contribution in [0.3, 0.4) is 0 Å². The summed E-state index contributed by atoms with van der Waals surface area (Å²) in [6, 6.07) is 5.60. The van der Waals surface area contributed by atoms with Crippen molar-refractivity contribution in [3.05, 3.63) is 41.0 Å². The smallest absolute Gasteiger partial charge is 0.258 e. The summed E-state index contributed by atoms with van der Waals surface area (Å²) in [5.74, 6) is -0.400. The third-order valence-corrected chi connectivity index (χ3v) is 3.39. The van der Waals surface area contributed by atoms with E-state index in [-0.39, 0.29) is 0 Å². The maximum atomic E-state index is 11.0. The Morgan fingerprint density at radius 3 is 3.00 bits per heavy atom. The van der Waals surface area contributed by atoms with Crippen LogP contribution in [0.2, 0.25) is 0 Å². The number of nitrogens with two attached hydrogens (primary N) is 1. The van der Waals surface area contributed by atoms with Gasteiger partial charge in [0.15, 0.2) is 5.65 Å². The largest absolute Gasteiger partial charge is 0.365 e. The van der Waals surface area contributed by atoms with E-state index in [9.17, 15) is 4.79 Å². The van der Waals surface area contributed by atoms with Gasteiger partial charge in [0.2, 0.25) is 0 Å². The molecule has 0 unspecified atom stereocenters. The lowest BCUT2D eigenvalue weighted by atomic mass is 10.1. The summed E-state index contributed by atoms with van der Waals surface area (Å²) >= 11 is 1.34. The molecule has 0 fully saturated rings. The van der Waals surface area contributed by atoms with Crippen LogP contribution in [-0.2, 0) is 0 Å². The highest BCUT2D eigenvalue weighted by Gasteiger charge is 2.07. The average molecular weight is 244 g/mol. The SMILES string of the molecule is NC(=O)c1cc(-c2ccc3ncnn3c2)cs1. The highest BCUT2D eigenvalue weighted by Crippen LogP contribution is 2.25. The van der Waals surface area contributed by atoms with Crippen molar-refractivity contribution < 1.29 is 4.79 Å². The number of carbonyl (C=O) groups excluding carboxylic acids is 1. The van der Waals surface area contributed by atoms with Gasteiger partial charge in [0.1, 0.15) is 6.33 Å². The number of rotatable bonds is 2. The van der Waals surface area contributed by atoms with Gasteiger partial charge in [0.25, 0.3) is 5.91 Å². The maximum Gasteiger partial charge on any atom is 0.258 e. The van der Waals surface area contributed by atoms with Crippen LogP contribution >= 0.6 is 11.3 Å². The predicted octanol–water partition coefficient (Wildman–Crippen LogP) is 1.56. The Morgan fingerprint density at radius 1 is 1.35 bits per heavy atom. The molecule has 2 N–H and O–H groups in total. The van der Waals surface area contributed by atoms with Gasteiger partial charge in [0.05, 0.1) is 4.88 Å². The van der Waals surface area contributed by atoms with Gasteiger partial charge in [-0.05, 0) is 29.1 Å². The fourth-order valence-corrected chi connectivity index (χ4v) is 2.37. The Labute approximate surface area is 101 Å². The van der Waals surface area contributed by atoms with Crippen molar-refractivity contribution in [2.75, 3.05) is 0 Å². The minimum Gasteiger partial charge on any atom is -0.365 e. The van der Waals surface area contributed by atoms with E-state index in [1.165, 1.54) is 17.7 Å². The van der Waals surface area contributed by atoms with Gasteiger partial charge in [0, 0.05) is 11.8 Å². The summed E-state index contributed by atoms with van der Waals surface area (Å²) in [6.45, 7) is 0. The number of hydrogen-bond acceptors (Lipinski definition) is 4. The number of nitrogens with zero attached hydrogens (tertiary/aromatic N) is 3. The standard InChI is InChI=1S/C11H8N4OS/c12-11(16)9-3-8(5-17-9)7-1-2-10-13-6-14-15(10)4-7/h1-6H,(H2,12,16). The molecule has 0 spiro atoms. The van der Waals surface area contributed by atoms with E-state index >= 15 is 0 Å². The number of amides is 1. The summed E-state index contributed by atoms with van der Waals surface area (Å²) in [5.41, 5.74) is 7.95. The van der Waals surface area contributed by atoms with Crippen LogP contribution in [0.1, 0.15) is 9.67 Å². The molecule has 0 radical (unpaired) electrons. The first-order chi connectivity index (χ1) is 8.24. The van der Waals surface area contributed by atoms with E-state index in [1.807, 2.05) is 23.7 Å². The van der Waals surface area contributed by atoms with Crippen molar-refractivity contribution in [2.24, 2.45) is 5.73 Å². The van der Waals surface area contributed by atoms with Crippen molar-refractivity contribution in [1.82, 2.24) is 14.6 Å². The van der Waals surface area contributed by atoms with Gasteiger partial charge in [-0.3, -0.25) is 4.79 Å². The summed E-state index contributed by atoms with van der Waals surface area (Å²) in [4.78, 5) is 15.6. The highest BCUT2D eigenvalue weighted by atomic mass is 32.1. The van der Waals surface area contributed by atoms with Crippen LogP contribution in [0.25, 0.3) is 16.8 Å². The van der Waals surface area contributed by atoms with Gasteiger partial charge in [-0.25, -0.2) is 9.50 Å². The van der Waals surface area contributed by atoms with Gasteiger partial charge >= 0.3 is 0 Å². The normalized spacial score (nSPS) is 10.8. The Kier molecular flexibility index (Phi) is 2.15. The lowest BCUT2D eigenvalue weighted by Crippen LogP contribution is -2.08. The second-order valence-electron chi connectivity index (χ2n) is 3.54. The Morgan fingerprint density at radius 2 is 2.24 bits per heavy atom. The van der Waals surface area contributed by atoms with Crippen LogP contribution in [-0.4, -0.2) is 20.5 Å². The van der Waals surface area contributed by atoms with Crippen LogP contribution < -0.4 is 5.73 Å². The van der Waals surface area contributed by atoms with Crippen LogP contribution in [0.15, 0.2) is 36.1 Å². The first-order valence-electron chi connectivity index (χ1n) is 4.92. The summed E-state index contributed by atoms with van der Waals surface area (Å²) in [5, 5.41) is 5.97. The van der Waals surface area contributed by atoms with Crippen LogP contribution in [0.5, 0.6) is 0 Å². The zero-order valence-corrected chi connectivity index (χ0v) is 9.52. The minimum atomic E-state index is -0.400. The maximum absolute atomic E-state index is 11.0. The van der Waals surface area contributed by atoms with Crippen LogP contribution in [0.4, 0.5) is 0 Å². The average Bonchev–Trinajstić information content (AvgIpc) is 2.97. The molecule has 0 bridgehead atoms. The molecule has 3 heterocycles. The lowest BCUT2D eigenvalue weighted by molar-refractivity contribution is 0.100. The zero-order chi connectivity index (χ0) is 11.8. The van der Waals surface area contributed by atoms with Crippen molar-refractivity contribution >= 4 is 22.9 Å². The molecule has 17 heavy (non-hydrogen) atoms. The number of fused-ring (bicyclic) bond motifs is 1. The first kappa shape index (κ1) is 9.98. The molecule has 0 aliphatic heterocycles. The fourth-order valence-electron chi connectivity index (χ4n) is 1.60. The molecule has 84 valence electrons. The van der Waals surface area contributed by atoms with E-state index in [0.717, 1.165) is 16.8 Å². The van der Waals surface area contributed by atoms with E-state index in [2.05, 4.69) is 10.1 Å². The molecular formula is C11H8N4OS. The van der Waals surface area contributed by atoms with E-state index in [4.69, 9.17) is 5.73 Å². The number of hydrogen-bond donors (Lipinski definition) is 1. The molecule has 0 aliphatic rings. The minimum absolute atomic E-state index is 0.400. The van der Waals surface area contributed by atoms with Gasteiger partial charge in [-0.15, -0.1) is 11.3 Å². The molecule has 5 nitrogen and oxygen atoms in total. The number of primary amides is 1. The third-order valence-electron chi connectivity index (χ3n) is 2.45. The van der Waals surface area contributed by atoms with E-state index in [1.54, 1.807) is 10.6 Å². The summed E-state index contributed by atoms with van der Waals surface area (Å²) < 4.78 is 1.69. The second kappa shape index (κ2) is 3.67. The second-order valence-corrected chi connectivity index (χ2v) is 4.46. The molecule has 0 atom stereocenters. The Hall–Kier alpha value is -2.21. The van der Waals surface area contributed by atoms with Crippen molar-refractivity contribution in [1.29, 1.82) is 0 Å². The fraction of sp³-hybridized carbons (Fsp3) is 0. The van der Waals surface area contributed by atoms with E-state index < -0.39 is 5.91 Å². The number of thiophene rings is 1. The molecular weight excluding hydrogens is 236 g/mol. The molecule has 3 aromatic rings. The molecule has 0 saturated carbocycles. The van der Waals surface area contributed by atoms with Crippen LogP contribution in [0, 0.1) is 0 Å². The topological polar surface area (TPSA) is 73.3 Å². The van der Waals surface area contributed by atoms with Gasteiger partial charge in [-0.1, -0.05) is 0 Å². The molecule has 1 amide bonds. The van der Waals surface area contributed by atoms with Crippen molar-refractivity contribution in [3.63, 3.8) is 0 Å². The third kappa shape index (κ3) is 1.68. The van der Waals surface area contributed by atoms with Crippen molar-refractivity contribution in [3.8, 4) is 11.1 Å². The van der Waals surface area contributed by atoms with Crippen molar-refractivity contribution in [2.45, 2.75) is 0 Å². The first-order valence-corrected chi connectivity index (χ1v) is 5.80. The number of pyridine rings is 1. The monoisotopic (exact) mass is 244 g/mol. The molecule has 0 saturated heterocycles. The van der Waals surface area contributed by atoms with E-state index in [0.29, 0.717) is 4.88 Å². The number of carbonyl (C=O) groups is 1. The Bertz CT molecular complexity index is 700. The van der Waals surface area contributed by atoms with Gasteiger partial charge < -0.3 is 5.73 Å². The Balaban J connectivity index is 2.09. The lowest BCUT2D eigenvalue weighted by Gasteiger charge is -1.97. The number of aromatic nitrogens is 3. The highest BCUT2D eigenvalue weighted by molar-refractivity contribution is 7.12. The quantitative estimate of drug-likeness (QED) is 0.743. The molecule has 0 aliphatic carbocycles. The summed E-state index contributed by atoms with van der Waals surface area (Å²) in [6.07, 6.45) is 3.37.